The van der Waals surface area contributed by atoms with Crippen LogP contribution in [0.3, 0.4) is 0 Å². The second-order valence-corrected chi connectivity index (χ2v) is 7.62. The van der Waals surface area contributed by atoms with E-state index in [2.05, 4.69) is 23.0 Å². The summed E-state index contributed by atoms with van der Waals surface area (Å²) in [5.74, 6) is 1.06. The molecule has 1 saturated carbocycles. The quantitative estimate of drug-likeness (QED) is 0.822. The highest BCUT2D eigenvalue weighted by Gasteiger charge is 2.35. The summed E-state index contributed by atoms with van der Waals surface area (Å²) in [6.07, 6.45) is 9.38. The summed E-state index contributed by atoms with van der Waals surface area (Å²) in [7, 11) is 0. The van der Waals surface area contributed by atoms with Crippen molar-refractivity contribution in [3.63, 3.8) is 0 Å². The predicted molar refractivity (Wildman–Crippen MR) is 96.9 cm³/mol. The highest BCUT2D eigenvalue weighted by molar-refractivity contribution is 5.77. The number of piperidine rings is 1. The van der Waals surface area contributed by atoms with Crippen molar-refractivity contribution >= 4 is 5.91 Å². The average molecular weight is 342 g/mol. The van der Waals surface area contributed by atoms with Crippen LogP contribution in [0, 0.1) is 31.1 Å². The summed E-state index contributed by atoms with van der Waals surface area (Å²) in [5, 5.41) is 13.3. The predicted octanol–water partition coefficient (Wildman–Crippen LogP) is 3.53. The molecule has 0 unspecified atom stereocenters. The molecule has 136 valence electrons. The number of fused-ring (bicyclic) bond motifs is 1. The number of amides is 1. The van der Waals surface area contributed by atoms with E-state index in [0.29, 0.717) is 31.3 Å². The molecule has 0 bridgehead atoms. The highest BCUT2D eigenvalue weighted by atomic mass is 16.2. The Morgan fingerprint density at radius 2 is 2.00 bits per heavy atom. The Kier molecular flexibility index (Phi) is 5.78. The van der Waals surface area contributed by atoms with Crippen molar-refractivity contribution in [3.8, 4) is 6.07 Å². The summed E-state index contributed by atoms with van der Waals surface area (Å²) in [6.45, 7) is 5.63. The molecule has 0 aromatic carbocycles. The molecular formula is C20H30N4O. The first kappa shape index (κ1) is 18.0. The fourth-order valence-corrected chi connectivity index (χ4v) is 4.78. The van der Waals surface area contributed by atoms with Crippen LogP contribution in [0.5, 0.6) is 0 Å². The van der Waals surface area contributed by atoms with Crippen molar-refractivity contribution in [2.45, 2.75) is 84.2 Å². The number of carbonyl (C=O) groups excluding carboxylic acids is 1. The van der Waals surface area contributed by atoms with Gasteiger partial charge in [0.2, 0.25) is 5.91 Å². The Hall–Kier alpha value is -1.83. The summed E-state index contributed by atoms with van der Waals surface area (Å²) in [6, 6.07) is 2.67. The van der Waals surface area contributed by atoms with E-state index in [9.17, 15) is 4.79 Å². The molecule has 0 N–H and O–H groups in total. The third-order valence-corrected chi connectivity index (χ3v) is 6.12. The summed E-state index contributed by atoms with van der Waals surface area (Å²) in [4.78, 5) is 15.1. The molecule has 1 saturated heterocycles. The van der Waals surface area contributed by atoms with Gasteiger partial charge < -0.3 is 4.90 Å². The number of carbonyl (C=O) groups is 1. The molecule has 5 heteroatoms. The van der Waals surface area contributed by atoms with Gasteiger partial charge in [-0.2, -0.15) is 10.4 Å². The fraction of sp³-hybridized carbons (Fsp3) is 0.750. The molecule has 1 aliphatic carbocycles. The van der Waals surface area contributed by atoms with Gasteiger partial charge in [-0.05, 0) is 57.4 Å². The Labute approximate surface area is 151 Å². The van der Waals surface area contributed by atoms with Crippen LogP contribution < -0.4 is 0 Å². The number of aryl methyl sites for hydroxylation is 2. The van der Waals surface area contributed by atoms with Gasteiger partial charge >= 0.3 is 0 Å². The minimum absolute atomic E-state index is 0.320. The maximum absolute atomic E-state index is 12.9. The summed E-state index contributed by atoms with van der Waals surface area (Å²) >= 11 is 0. The lowest BCUT2D eigenvalue weighted by Gasteiger charge is -2.44. The van der Waals surface area contributed by atoms with E-state index in [1.165, 1.54) is 37.7 Å². The Morgan fingerprint density at radius 3 is 2.80 bits per heavy atom. The maximum atomic E-state index is 12.9. The summed E-state index contributed by atoms with van der Waals surface area (Å²) < 4.78 is 1.91. The van der Waals surface area contributed by atoms with E-state index >= 15 is 0 Å². The van der Waals surface area contributed by atoms with Crippen molar-refractivity contribution < 1.29 is 4.79 Å². The Morgan fingerprint density at radius 1 is 1.24 bits per heavy atom. The largest absolute Gasteiger partial charge is 0.339 e. The minimum Gasteiger partial charge on any atom is -0.339 e. The number of hydrogen-bond donors (Lipinski definition) is 0. The van der Waals surface area contributed by atoms with Gasteiger partial charge in [-0.3, -0.25) is 9.48 Å². The van der Waals surface area contributed by atoms with Gasteiger partial charge in [0.25, 0.3) is 0 Å². The standard InChI is InChI=1S/C20H30N4O/c1-15-18(16(2)24(22-15)14-6-12-21)10-11-20(25)23-13-5-8-17-7-3-4-9-19(17)23/h17,19H,3-11,13-14H2,1-2H3/t17-,19+/m1/s1. The maximum Gasteiger partial charge on any atom is 0.223 e. The molecule has 1 amide bonds. The Balaban J connectivity index is 1.62. The molecule has 1 aromatic rings. The number of aromatic nitrogens is 2. The van der Waals surface area contributed by atoms with Crippen LogP contribution in [0.1, 0.15) is 68.3 Å². The zero-order chi connectivity index (χ0) is 17.8. The molecule has 1 aromatic heterocycles. The molecule has 2 fully saturated rings. The van der Waals surface area contributed by atoms with Crippen LogP contribution >= 0.6 is 0 Å². The van der Waals surface area contributed by atoms with E-state index in [1.807, 2.05) is 11.6 Å². The normalized spacial score (nSPS) is 23.2. The zero-order valence-electron chi connectivity index (χ0n) is 15.6. The number of likely N-dealkylation sites (tertiary alicyclic amines) is 1. The van der Waals surface area contributed by atoms with Gasteiger partial charge in [-0.15, -0.1) is 0 Å². The lowest BCUT2D eigenvalue weighted by atomic mass is 9.78. The smallest absolute Gasteiger partial charge is 0.223 e. The van der Waals surface area contributed by atoms with Crippen LogP contribution in [0.4, 0.5) is 0 Å². The van der Waals surface area contributed by atoms with Crippen LogP contribution in [0.2, 0.25) is 0 Å². The third kappa shape index (κ3) is 3.89. The van der Waals surface area contributed by atoms with Crippen molar-refractivity contribution in [2.24, 2.45) is 5.92 Å². The van der Waals surface area contributed by atoms with Gasteiger partial charge in [0.1, 0.15) is 0 Å². The number of hydrogen-bond acceptors (Lipinski definition) is 3. The zero-order valence-corrected chi connectivity index (χ0v) is 15.6. The van der Waals surface area contributed by atoms with Crippen LogP contribution in [0.25, 0.3) is 0 Å². The SMILES string of the molecule is Cc1nn(CCC#N)c(C)c1CCC(=O)N1CCC[C@H]2CCCC[C@@H]21. The molecule has 2 heterocycles. The van der Waals surface area contributed by atoms with Crippen molar-refractivity contribution in [3.05, 3.63) is 17.0 Å². The molecule has 25 heavy (non-hydrogen) atoms. The number of nitriles is 1. The topological polar surface area (TPSA) is 61.9 Å². The molecule has 0 radical (unpaired) electrons. The van der Waals surface area contributed by atoms with Gasteiger partial charge in [0, 0.05) is 24.7 Å². The third-order valence-electron chi connectivity index (χ3n) is 6.12. The first-order chi connectivity index (χ1) is 12.1. The van der Waals surface area contributed by atoms with E-state index < -0.39 is 0 Å². The van der Waals surface area contributed by atoms with Crippen LogP contribution in [-0.2, 0) is 17.8 Å². The molecule has 1 aliphatic heterocycles. The lowest BCUT2D eigenvalue weighted by Crippen LogP contribution is -2.49. The van der Waals surface area contributed by atoms with Crippen LogP contribution in [-0.4, -0.2) is 33.2 Å². The van der Waals surface area contributed by atoms with Crippen molar-refractivity contribution in [1.82, 2.24) is 14.7 Å². The van der Waals surface area contributed by atoms with Crippen LogP contribution in [0.15, 0.2) is 0 Å². The number of rotatable bonds is 5. The van der Waals surface area contributed by atoms with Gasteiger partial charge in [-0.25, -0.2) is 0 Å². The molecular weight excluding hydrogens is 312 g/mol. The first-order valence-corrected chi connectivity index (χ1v) is 9.81. The first-order valence-electron chi connectivity index (χ1n) is 9.81. The van der Waals surface area contributed by atoms with E-state index in [0.717, 1.165) is 36.7 Å². The summed E-state index contributed by atoms with van der Waals surface area (Å²) in [5.41, 5.74) is 3.29. The highest BCUT2D eigenvalue weighted by Crippen LogP contribution is 2.35. The molecule has 0 spiro atoms. The lowest BCUT2D eigenvalue weighted by molar-refractivity contribution is -0.137. The second kappa shape index (κ2) is 8.03. The minimum atomic E-state index is 0.320. The second-order valence-electron chi connectivity index (χ2n) is 7.62. The van der Waals surface area contributed by atoms with Gasteiger partial charge in [0.15, 0.2) is 0 Å². The van der Waals surface area contributed by atoms with E-state index in [4.69, 9.17) is 5.26 Å². The fourth-order valence-electron chi connectivity index (χ4n) is 4.78. The van der Waals surface area contributed by atoms with E-state index in [-0.39, 0.29) is 0 Å². The molecule has 2 atom stereocenters. The van der Waals surface area contributed by atoms with E-state index in [1.54, 1.807) is 0 Å². The molecule has 3 rings (SSSR count). The van der Waals surface area contributed by atoms with Gasteiger partial charge in [-0.1, -0.05) is 12.8 Å². The van der Waals surface area contributed by atoms with Gasteiger partial charge in [0.05, 0.1) is 24.7 Å². The monoisotopic (exact) mass is 342 g/mol. The molecule has 5 nitrogen and oxygen atoms in total. The molecule has 2 aliphatic rings. The number of nitrogens with zero attached hydrogens (tertiary/aromatic N) is 4. The van der Waals surface area contributed by atoms with Crippen molar-refractivity contribution in [1.29, 1.82) is 5.26 Å². The van der Waals surface area contributed by atoms with Crippen molar-refractivity contribution in [2.75, 3.05) is 6.54 Å². The Bertz CT molecular complexity index is 655. The average Bonchev–Trinajstić information content (AvgIpc) is 2.90.